The Balaban J connectivity index is 2.38. The van der Waals surface area contributed by atoms with Crippen LogP contribution in [0.25, 0.3) is 16.9 Å². The maximum Gasteiger partial charge on any atom is 0.164 e. The quantitative estimate of drug-likeness (QED) is 0.619. The van der Waals surface area contributed by atoms with Crippen LogP contribution in [0.4, 0.5) is 0 Å². The predicted molar refractivity (Wildman–Crippen MR) is 83.2 cm³/mol. The van der Waals surface area contributed by atoms with E-state index in [2.05, 4.69) is 9.97 Å². The number of halogens is 3. The van der Waals surface area contributed by atoms with Crippen LogP contribution >= 0.6 is 34.8 Å². The molecule has 0 aliphatic rings. The molecule has 1 atom stereocenters. The van der Waals surface area contributed by atoms with Gasteiger partial charge < -0.3 is 0 Å². The average Bonchev–Trinajstić information content (AvgIpc) is 2.78. The van der Waals surface area contributed by atoms with Gasteiger partial charge >= 0.3 is 0 Å². The number of pyridine rings is 1. The van der Waals surface area contributed by atoms with Gasteiger partial charge in [0.1, 0.15) is 11.3 Å². The monoisotopic (exact) mass is 325 g/mol. The Kier molecular flexibility index (Phi) is 3.59. The summed E-state index contributed by atoms with van der Waals surface area (Å²) in [4.78, 5) is 8.87. The molecule has 0 radical (unpaired) electrons. The highest BCUT2D eigenvalue weighted by atomic mass is 35.5. The van der Waals surface area contributed by atoms with Gasteiger partial charge in [0.2, 0.25) is 0 Å². The first-order valence-electron chi connectivity index (χ1n) is 6.01. The smallest absolute Gasteiger partial charge is 0.164 e. The molecule has 3 nitrogen and oxygen atoms in total. The third-order valence-electron chi connectivity index (χ3n) is 2.94. The summed E-state index contributed by atoms with van der Waals surface area (Å²) in [6.07, 6.45) is 1.58. The number of hydrogen-bond donors (Lipinski definition) is 0. The van der Waals surface area contributed by atoms with Gasteiger partial charge in [0.15, 0.2) is 5.65 Å². The summed E-state index contributed by atoms with van der Waals surface area (Å²) in [6.45, 7) is 1.86. The zero-order valence-corrected chi connectivity index (χ0v) is 12.8. The fraction of sp³-hybridized carbons (Fsp3) is 0.143. The summed E-state index contributed by atoms with van der Waals surface area (Å²) in [5.74, 6) is 0.685. The van der Waals surface area contributed by atoms with Crippen LogP contribution in [-0.2, 0) is 0 Å². The standard InChI is InChI=1S/C14H10Cl3N3/c1-8(15)13-19-11-6-9(16)7-18-14(11)20(13)12-5-3-2-4-10(12)17/h2-8H,1H3. The third kappa shape index (κ3) is 2.26. The number of nitrogens with zero attached hydrogens (tertiary/aromatic N) is 3. The van der Waals surface area contributed by atoms with Gasteiger partial charge in [-0.15, -0.1) is 11.6 Å². The molecule has 0 aliphatic heterocycles. The van der Waals surface area contributed by atoms with Crippen molar-refractivity contribution in [1.82, 2.24) is 14.5 Å². The molecule has 0 saturated carbocycles. The molecular formula is C14H10Cl3N3. The fourth-order valence-corrected chi connectivity index (χ4v) is 2.61. The summed E-state index contributed by atoms with van der Waals surface area (Å²) >= 11 is 18.5. The minimum Gasteiger partial charge on any atom is -0.278 e. The second-order valence-corrected chi connectivity index (χ2v) is 5.87. The molecule has 0 amide bonds. The highest BCUT2D eigenvalue weighted by Gasteiger charge is 2.18. The molecule has 0 fully saturated rings. The molecule has 1 aromatic carbocycles. The molecule has 102 valence electrons. The van der Waals surface area contributed by atoms with Gasteiger partial charge in [0.05, 0.1) is 21.1 Å². The lowest BCUT2D eigenvalue weighted by Crippen LogP contribution is -2.03. The Morgan fingerprint density at radius 3 is 2.65 bits per heavy atom. The molecular weight excluding hydrogens is 317 g/mol. The topological polar surface area (TPSA) is 30.7 Å². The van der Waals surface area contributed by atoms with Crippen molar-refractivity contribution in [2.75, 3.05) is 0 Å². The van der Waals surface area contributed by atoms with Gasteiger partial charge in [-0.1, -0.05) is 35.3 Å². The van der Waals surface area contributed by atoms with Crippen LogP contribution < -0.4 is 0 Å². The Morgan fingerprint density at radius 2 is 1.95 bits per heavy atom. The van der Waals surface area contributed by atoms with Crippen molar-refractivity contribution < 1.29 is 0 Å². The van der Waals surface area contributed by atoms with Crippen LogP contribution in [0.15, 0.2) is 36.5 Å². The molecule has 2 aromatic heterocycles. The van der Waals surface area contributed by atoms with E-state index < -0.39 is 0 Å². The number of fused-ring (bicyclic) bond motifs is 1. The number of alkyl halides is 1. The van der Waals surface area contributed by atoms with E-state index in [4.69, 9.17) is 34.8 Å². The number of rotatable bonds is 2. The first-order valence-corrected chi connectivity index (χ1v) is 7.20. The first-order chi connectivity index (χ1) is 9.58. The van der Waals surface area contributed by atoms with Crippen molar-refractivity contribution in [3.8, 4) is 5.69 Å². The average molecular weight is 327 g/mol. The molecule has 3 aromatic rings. The Labute approximate surface area is 131 Å². The molecule has 20 heavy (non-hydrogen) atoms. The minimum absolute atomic E-state index is 0.278. The van der Waals surface area contributed by atoms with Crippen LogP contribution in [0.2, 0.25) is 10.0 Å². The molecule has 2 heterocycles. The summed E-state index contributed by atoms with van der Waals surface area (Å²) in [5.41, 5.74) is 2.18. The lowest BCUT2D eigenvalue weighted by molar-refractivity contribution is 0.877. The van der Waals surface area contributed by atoms with Crippen molar-refractivity contribution >= 4 is 46.0 Å². The van der Waals surface area contributed by atoms with Crippen LogP contribution in [0.1, 0.15) is 18.1 Å². The first kappa shape index (κ1) is 13.7. The van der Waals surface area contributed by atoms with E-state index in [1.54, 1.807) is 12.3 Å². The molecule has 1 unspecified atom stereocenters. The Bertz CT molecular complexity index is 780. The van der Waals surface area contributed by atoms with E-state index in [9.17, 15) is 0 Å². The highest BCUT2D eigenvalue weighted by Crippen LogP contribution is 2.31. The van der Waals surface area contributed by atoms with Crippen molar-refractivity contribution in [2.45, 2.75) is 12.3 Å². The van der Waals surface area contributed by atoms with Crippen molar-refractivity contribution in [1.29, 1.82) is 0 Å². The van der Waals surface area contributed by atoms with E-state index >= 15 is 0 Å². The van der Waals surface area contributed by atoms with Gasteiger partial charge in [-0.2, -0.15) is 0 Å². The van der Waals surface area contributed by atoms with E-state index in [0.717, 1.165) is 5.69 Å². The van der Waals surface area contributed by atoms with Crippen LogP contribution in [-0.4, -0.2) is 14.5 Å². The van der Waals surface area contributed by atoms with Gasteiger partial charge in [-0.3, -0.25) is 4.57 Å². The number of aromatic nitrogens is 3. The number of imidazole rings is 1. The Morgan fingerprint density at radius 1 is 1.20 bits per heavy atom. The number of benzene rings is 1. The highest BCUT2D eigenvalue weighted by molar-refractivity contribution is 6.32. The van der Waals surface area contributed by atoms with Crippen molar-refractivity contribution in [3.05, 3.63) is 52.4 Å². The summed E-state index contributed by atoms with van der Waals surface area (Å²) < 4.78 is 1.87. The SMILES string of the molecule is CC(Cl)c1nc2cc(Cl)cnc2n1-c1ccccc1Cl. The molecule has 6 heteroatoms. The van der Waals surface area contributed by atoms with E-state index in [1.165, 1.54) is 0 Å². The van der Waals surface area contributed by atoms with Gasteiger partial charge in [0.25, 0.3) is 0 Å². The largest absolute Gasteiger partial charge is 0.278 e. The predicted octanol–water partition coefficient (Wildman–Crippen LogP) is 5.03. The molecule has 0 spiro atoms. The van der Waals surface area contributed by atoms with Crippen molar-refractivity contribution in [2.24, 2.45) is 0 Å². The van der Waals surface area contributed by atoms with Gasteiger partial charge in [-0.25, -0.2) is 9.97 Å². The summed E-state index contributed by atoms with van der Waals surface area (Å²) in [7, 11) is 0. The lowest BCUT2D eigenvalue weighted by atomic mass is 10.3. The number of para-hydroxylation sites is 1. The number of hydrogen-bond acceptors (Lipinski definition) is 2. The molecule has 0 bridgehead atoms. The lowest BCUT2D eigenvalue weighted by Gasteiger charge is -2.11. The van der Waals surface area contributed by atoms with E-state index in [0.29, 0.717) is 27.0 Å². The zero-order chi connectivity index (χ0) is 14.3. The van der Waals surface area contributed by atoms with Gasteiger partial charge in [-0.05, 0) is 25.1 Å². The maximum atomic E-state index is 6.28. The van der Waals surface area contributed by atoms with E-state index in [-0.39, 0.29) is 5.38 Å². The molecule has 0 N–H and O–H groups in total. The van der Waals surface area contributed by atoms with Gasteiger partial charge in [0, 0.05) is 6.20 Å². The second-order valence-electron chi connectivity index (χ2n) is 4.37. The van der Waals surface area contributed by atoms with Crippen molar-refractivity contribution in [3.63, 3.8) is 0 Å². The summed E-state index contributed by atoms with van der Waals surface area (Å²) in [5, 5.41) is 0.872. The maximum absolute atomic E-state index is 6.28. The second kappa shape index (κ2) is 5.24. The van der Waals surface area contributed by atoms with E-state index in [1.807, 2.05) is 35.8 Å². The third-order valence-corrected chi connectivity index (χ3v) is 3.66. The minimum atomic E-state index is -0.278. The molecule has 3 rings (SSSR count). The summed E-state index contributed by atoms with van der Waals surface area (Å²) in [6, 6.07) is 9.27. The zero-order valence-electron chi connectivity index (χ0n) is 10.5. The molecule has 0 aliphatic carbocycles. The van der Waals surface area contributed by atoms with Crippen LogP contribution in [0.3, 0.4) is 0 Å². The van der Waals surface area contributed by atoms with Crippen LogP contribution in [0, 0.1) is 0 Å². The van der Waals surface area contributed by atoms with Crippen LogP contribution in [0.5, 0.6) is 0 Å². The Hall–Kier alpha value is -1.29. The normalized spacial score (nSPS) is 12.8. The molecule has 0 saturated heterocycles. The fourth-order valence-electron chi connectivity index (χ4n) is 2.10.